The molecule has 9 nitrogen and oxygen atoms in total. The van der Waals surface area contributed by atoms with Crippen LogP contribution < -0.4 is 10.2 Å². The molecule has 0 amide bonds. The van der Waals surface area contributed by atoms with Crippen LogP contribution in [-0.4, -0.2) is 41.3 Å². The maximum absolute atomic E-state index is 12.5. The summed E-state index contributed by atoms with van der Waals surface area (Å²) in [5.41, 5.74) is -0.391. The quantitative estimate of drug-likeness (QED) is 0.342. The van der Waals surface area contributed by atoms with Crippen LogP contribution in [0.25, 0.3) is 0 Å². The second-order valence-corrected chi connectivity index (χ2v) is 9.57. The zero-order valence-corrected chi connectivity index (χ0v) is 19.5. The lowest BCUT2D eigenvalue weighted by molar-refractivity contribution is 0.0728. The van der Waals surface area contributed by atoms with Crippen LogP contribution >= 0.6 is 11.8 Å². The number of thioether (sulfide) groups is 1. The lowest BCUT2D eigenvalue weighted by Gasteiger charge is -2.18. The normalized spacial score (nSPS) is 11.6. The van der Waals surface area contributed by atoms with E-state index < -0.39 is 21.4 Å². The number of esters is 1. The summed E-state index contributed by atoms with van der Waals surface area (Å²) in [5.74, 6) is -0.245. The number of imidazole rings is 1. The van der Waals surface area contributed by atoms with Crippen LogP contribution in [0.5, 0.6) is 5.75 Å². The largest absolute Gasteiger partial charge is 0.464 e. The highest BCUT2D eigenvalue weighted by molar-refractivity contribution is 7.98. The molecule has 0 atom stereocenters. The molecule has 0 aliphatic heterocycles. The third-order valence-corrected chi connectivity index (χ3v) is 7.75. The van der Waals surface area contributed by atoms with E-state index in [9.17, 15) is 18.0 Å². The number of aryl methyl sites for hydroxylation is 1. The second kappa shape index (κ2) is 10.2. The highest BCUT2D eigenvalue weighted by Crippen LogP contribution is 2.21. The van der Waals surface area contributed by atoms with Gasteiger partial charge in [0.05, 0.1) is 16.2 Å². The fraction of sp³-hybridized carbons (Fsp3) is 0.286. The molecule has 0 saturated carbocycles. The van der Waals surface area contributed by atoms with E-state index in [0.717, 1.165) is 11.4 Å². The molecule has 0 radical (unpaired) electrons. The Morgan fingerprint density at radius 2 is 1.91 bits per heavy atom. The van der Waals surface area contributed by atoms with E-state index in [2.05, 4.69) is 4.98 Å². The Balaban J connectivity index is 1.68. The molecule has 0 bridgehead atoms. The Labute approximate surface area is 190 Å². The van der Waals surface area contributed by atoms with Crippen molar-refractivity contribution in [2.45, 2.75) is 29.7 Å². The number of nitrogens with zero attached hydrogens (tertiary/aromatic N) is 3. The molecule has 0 fully saturated rings. The molecule has 0 saturated heterocycles. The first kappa shape index (κ1) is 23.8. The van der Waals surface area contributed by atoms with Gasteiger partial charge in [0.25, 0.3) is 0 Å². The van der Waals surface area contributed by atoms with Crippen molar-refractivity contribution in [2.75, 3.05) is 13.1 Å². The van der Waals surface area contributed by atoms with Crippen molar-refractivity contribution in [3.63, 3.8) is 0 Å². The van der Waals surface area contributed by atoms with Gasteiger partial charge in [-0.3, -0.25) is 4.79 Å². The summed E-state index contributed by atoms with van der Waals surface area (Å²) >= 11 is 1.40. The van der Waals surface area contributed by atoms with Crippen molar-refractivity contribution in [1.29, 1.82) is 0 Å². The predicted molar refractivity (Wildman–Crippen MR) is 119 cm³/mol. The molecule has 2 aromatic heterocycles. The van der Waals surface area contributed by atoms with Crippen molar-refractivity contribution >= 4 is 27.8 Å². The minimum absolute atomic E-state index is 0.0758. The molecule has 3 rings (SSSR count). The Morgan fingerprint density at radius 3 is 2.47 bits per heavy atom. The third kappa shape index (κ3) is 5.29. The second-order valence-electron chi connectivity index (χ2n) is 6.69. The van der Waals surface area contributed by atoms with Gasteiger partial charge in [-0.2, -0.15) is 4.31 Å². The molecule has 0 spiro atoms. The Kier molecular flexibility index (Phi) is 7.54. The van der Waals surface area contributed by atoms with Gasteiger partial charge in [-0.25, -0.2) is 18.2 Å². The number of benzene rings is 1. The maximum atomic E-state index is 12.5. The van der Waals surface area contributed by atoms with E-state index in [1.165, 1.54) is 46.4 Å². The summed E-state index contributed by atoms with van der Waals surface area (Å²) in [7, 11) is -1.77. The number of carbonyl (C=O) groups excluding carboxylic acids is 1. The van der Waals surface area contributed by atoms with E-state index in [1.54, 1.807) is 20.0 Å². The van der Waals surface area contributed by atoms with E-state index in [0.29, 0.717) is 24.6 Å². The average molecular weight is 478 g/mol. The Bertz CT molecular complexity index is 1250. The molecular weight excluding hydrogens is 454 g/mol. The van der Waals surface area contributed by atoms with Crippen LogP contribution in [0.4, 0.5) is 0 Å². The van der Waals surface area contributed by atoms with Crippen LogP contribution in [0, 0.1) is 0 Å². The van der Waals surface area contributed by atoms with Gasteiger partial charge in [0.2, 0.25) is 21.2 Å². The molecule has 1 aromatic carbocycles. The van der Waals surface area contributed by atoms with Crippen molar-refractivity contribution in [1.82, 2.24) is 13.9 Å². The number of rotatable bonds is 9. The molecule has 2 heterocycles. The number of aromatic nitrogens is 2. The summed E-state index contributed by atoms with van der Waals surface area (Å²) in [6.45, 7) is 4.19. The summed E-state index contributed by atoms with van der Waals surface area (Å²) in [6.07, 6.45) is 4.58. The summed E-state index contributed by atoms with van der Waals surface area (Å²) in [5, 5.41) is 0.773. The predicted octanol–water partition coefficient (Wildman–Crippen LogP) is 2.92. The molecule has 0 aliphatic carbocycles. The van der Waals surface area contributed by atoms with Crippen LogP contribution in [0.1, 0.15) is 30.0 Å². The van der Waals surface area contributed by atoms with E-state index in [-0.39, 0.29) is 16.2 Å². The minimum Gasteiger partial charge on any atom is -0.464 e. The summed E-state index contributed by atoms with van der Waals surface area (Å²) < 4.78 is 38.8. The number of sulfonamides is 1. The SMILES string of the molecule is CCN(CC)S(=O)(=O)c1ccc(C(=O)Oc2coc(CSc3nccn3C)cc2=O)cc1. The fourth-order valence-electron chi connectivity index (χ4n) is 2.85. The van der Waals surface area contributed by atoms with Gasteiger partial charge >= 0.3 is 5.97 Å². The van der Waals surface area contributed by atoms with E-state index in [1.807, 2.05) is 17.8 Å². The van der Waals surface area contributed by atoms with Gasteiger partial charge < -0.3 is 13.7 Å². The van der Waals surface area contributed by atoms with Crippen LogP contribution in [0.15, 0.2) is 68.3 Å². The van der Waals surface area contributed by atoms with Crippen LogP contribution in [0.3, 0.4) is 0 Å². The number of hydrogen-bond donors (Lipinski definition) is 0. The van der Waals surface area contributed by atoms with Crippen molar-refractivity contribution < 1.29 is 22.4 Å². The van der Waals surface area contributed by atoms with Gasteiger partial charge in [-0.05, 0) is 24.3 Å². The Hall–Kier alpha value is -2.89. The standard InChI is InChI=1S/C21H23N3O6S2/c1-4-24(5-2)32(27,28)17-8-6-15(7-9-17)20(26)30-19-13-29-16(12-18(19)25)14-31-21-22-10-11-23(21)3/h6-13H,4-5,14H2,1-3H3. The smallest absolute Gasteiger partial charge is 0.343 e. The zero-order valence-electron chi connectivity index (χ0n) is 17.8. The molecule has 32 heavy (non-hydrogen) atoms. The van der Waals surface area contributed by atoms with Crippen molar-refractivity contribution in [3.05, 3.63) is 70.5 Å². The first-order valence-electron chi connectivity index (χ1n) is 9.80. The van der Waals surface area contributed by atoms with Crippen molar-refractivity contribution in [3.8, 4) is 5.75 Å². The lowest BCUT2D eigenvalue weighted by Crippen LogP contribution is -2.30. The molecule has 170 valence electrons. The molecule has 0 N–H and O–H groups in total. The van der Waals surface area contributed by atoms with Gasteiger partial charge in [-0.1, -0.05) is 25.6 Å². The Morgan fingerprint density at radius 1 is 1.22 bits per heavy atom. The van der Waals surface area contributed by atoms with Gasteiger partial charge in [0.1, 0.15) is 12.0 Å². The van der Waals surface area contributed by atoms with Crippen molar-refractivity contribution in [2.24, 2.45) is 7.05 Å². The summed E-state index contributed by atoms with van der Waals surface area (Å²) in [6, 6.07) is 6.63. The number of ether oxygens (including phenoxy) is 1. The molecule has 0 unspecified atom stereocenters. The third-order valence-electron chi connectivity index (χ3n) is 4.61. The summed E-state index contributed by atoms with van der Waals surface area (Å²) in [4.78, 5) is 29.0. The highest BCUT2D eigenvalue weighted by Gasteiger charge is 2.22. The fourth-order valence-corrected chi connectivity index (χ4v) is 5.13. The first-order valence-corrected chi connectivity index (χ1v) is 12.2. The lowest BCUT2D eigenvalue weighted by atomic mass is 10.2. The number of hydrogen-bond acceptors (Lipinski definition) is 8. The monoisotopic (exact) mass is 477 g/mol. The molecular formula is C21H23N3O6S2. The molecule has 0 aliphatic rings. The molecule has 11 heteroatoms. The molecule has 3 aromatic rings. The first-order chi connectivity index (χ1) is 15.3. The minimum atomic E-state index is -3.63. The van der Waals surface area contributed by atoms with E-state index >= 15 is 0 Å². The van der Waals surface area contributed by atoms with Gasteiger partial charge in [-0.15, -0.1) is 0 Å². The maximum Gasteiger partial charge on any atom is 0.343 e. The van der Waals surface area contributed by atoms with Gasteiger partial charge in [0.15, 0.2) is 5.16 Å². The number of carbonyl (C=O) groups is 1. The average Bonchev–Trinajstić information content (AvgIpc) is 3.19. The van der Waals surface area contributed by atoms with E-state index in [4.69, 9.17) is 9.15 Å². The van der Waals surface area contributed by atoms with Crippen LogP contribution in [-0.2, 0) is 22.8 Å². The topological polar surface area (TPSA) is 112 Å². The van der Waals surface area contributed by atoms with Gasteiger partial charge in [0, 0.05) is 38.6 Å². The zero-order chi connectivity index (χ0) is 23.3. The highest BCUT2D eigenvalue weighted by atomic mass is 32.2. The van der Waals surface area contributed by atoms with Crippen LogP contribution in [0.2, 0.25) is 0 Å².